The molecule has 1 aromatic carbocycles. The van der Waals surface area contributed by atoms with Crippen LogP contribution in [-0.2, 0) is 20.5 Å². The van der Waals surface area contributed by atoms with Crippen LogP contribution in [0.5, 0.6) is 0 Å². The Bertz CT molecular complexity index is 1160. The number of alkyl halides is 3. The molecule has 0 radical (unpaired) electrons. The molecule has 0 saturated carbocycles. The van der Waals surface area contributed by atoms with Crippen LogP contribution in [0.3, 0.4) is 0 Å². The van der Waals surface area contributed by atoms with Crippen molar-refractivity contribution in [1.29, 1.82) is 0 Å². The average Bonchev–Trinajstić information content (AvgIpc) is 3.21. The molecule has 1 N–H and O–H groups in total. The number of H-pyrrole nitrogens is 1. The zero-order chi connectivity index (χ0) is 22.6. The molecule has 0 aliphatic carbocycles. The Hall–Kier alpha value is -2.70. The van der Waals surface area contributed by atoms with Gasteiger partial charge in [-0.2, -0.15) is 13.2 Å². The van der Waals surface area contributed by atoms with Gasteiger partial charge in [0.1, 0.15) is 23.3 Å². The maximum absolute atomic E-state index is 14.6. The highest BCUT2D eigenvalue weighted by Gasteiger charge is 2.54. The first-order valence-corrected chi connectivity index (χ1v) is 9.25. The van der Waals surface area contributed by atoms with Crippen LogP contribution in [0.1, 0.15) is 17.7 Å². The van der Waals surface area contributed by atoms with E-state index >= 15 is 0 Å². The fourth-order valence-electron chi connectivity index (χ4n) is 3.63. The molecule has 2 atom stereocenters. The van der Waals surface area contributed by atoms with Gasteiger partial charge in [0.2, 0.25) is 0 Å². The maximum atomic E-state index is 14.6. The highest BCUT2D eigenvalue weighted by molar-refractivity contribution is 6.34. The Morgan fingerprint density at radius 1 is 1.35 bits per heavy atom. The number of hydrogen-bond acceptors (Lipinski definition) is 6. The molecule has 3 heterocycles. The van der Waals surface area contributed by atoms with Gasteiger partial charge in [-0.1, -0.05) is 16.8 Å². The first-order valence-electron chi connectivity index (χ1n) is 8.87. The minimum atomic E-state index is -4.96. The van der Waals surface area contributed by atoms with E-state index in [1.165, 1.54) is 12.1 Å². The minimum Gasteiger partial charge on any atom is -0.383 e. The number of benzene rings is 1. The average molecular weight is 464 g/mol. The lowest BCUT2D eigenvalue weighted by Crippen LogP contribution is -2.44. The molecule has 13 heteroatoms. The monoisotopic (exact) mass is 463 g/mol. The molecule has 2 aliphatic heterocycles. The van der Waals surface area contributed by atoms with Crippen molar-refractivity contribution < 1.29 is 31.9 Å². The zero-order valence-electron chi connectivity index (χ0n) is 15.8. The molecule has 1 saturated heterocycles. The van der Waals surface area contributed by atoms with E-state index in [4.69, 9.17) is 25.9 Å². The van der Waals surface area contributed by atoms with Crippen LogP contribution in [0, 0.1) is 5.82 Å². The normalized spacial score (nSPS) is 22.9. The molecule has 0 bridgehead atoms. The van der Waals surface area contributed by atoms with Gasteiger partial charge in [0.25, 0.3) is 5.56 Å². The van der Waals surface area contributed by atoms with E-state index in [2.05, 4.69) is 5.16 Å². The Labute approximate surface area is 176 Å². The fourth-order valence-corrected chi connectivity index (χ4v) is 3.88. The van der Waals surface area contributed by atoms with Crippen molar-refractivity contribution in [2.75, 3.05) is 20.3 Å². The molecule has 8 nitrogen and oxygen atoms in total. The SMILES string of the molecule is COCC12CCOC1C(c1cc(-n3c(=O)cc(C(F)(F)F)[nH]c3=O)c(F)cc1Cl)=NO2. The van der Waals surface area contributed by atoms with Crippen LogP contribution in [0.2, 0.25) is 5.02 Å². The number of hydrogen-bond donors (Lipinski definition) is 1. The molecule has 0 spiro atoms. The standard InChI is InChI=1S/C18H14ClF4N3O5/c1-29-7-17-2-3-30-15(17)14(25-31-17)8-4-11(10(20)5-9(8)19)26-13(27)6-12(18(21,22)23)24-16(26)28/h4-6,15H,2-3,7H2,1H3,(H,24,28). The Morgan fingerprint density at radius 3 is 2.74 bits per heavy atom. The molecule has 31 heavy (non-hydrogen) atoms. The van der Waals surface area contributed by atoms with Crippen molar-refractivity contribution in [3.63, 3.8) is 0 Å². The largest absolute Gasteiger partial charge is 0.431 e. The van der Waals surface area contributed by atoms with Crippen molar-refractivity contribution in [3.8, 4) is 5.69 Å². The van der Waals surface area contributed by atoms with Crippen LogP contribution in [0.25, 0.3) is 5.69 Å². The zero-order valence-corrected chi connectivity index (χ0v) is 16.5. The molecular weight excluding hydrogens is 450 g/mol. The van der Waals surface area contributed by atoms with Crippen molar-refractivity contribution in [3.05, 3.63) is 61.1 Å². The molecule has 1 aromatic heterocycles. The van der Waals surface area contributed by atoms with E-state index in [9.17, 15) is 27.2 Å². The Kier molecular flexibility index (Phi) is 5.18. The number of fused-ring (bicyclic) bond motifs is 1. The number of nitrogens with one attached hydrogen (secondary N) is 1. The highest BCUT2D eigenvalue weighted by atomic mass is 35.5. The summed E-state index contributed by atoms with van der Waals surface area (Å²) in [7, 11) is 1.47. The van der Waals surface area contributed by atoms with Crippen LogP contribution in [-0.4, -0.2) is 47.3 Å². The summed E-state index contributed by atoms with van der Waals surface area (Å²) in [6.07, 6.45) is -5.21. The van der Waals surface area contributed by atoms with Crippen molar-refractivity contribution in [1.82, 2.24) is 9.55 Å². The first kappa shape index (κ1) is 21.5. The molecule has 166 valence electrons. The van der Waals surface area contributed by atoms with Gasteiger partial charge in [-0.3, -0.25) is 4.79 Å². The summed E-state index contributed by atoms with van der Waals surface area (Å²) in [5.41, 5.74) is -5.65. The maximum Gasteiger partial charge on any atom is 0.431 e. The quantitative estimate of drug-likeness (QED) is 0.702. The summed E-state index contributed by atoms with van der Waals surface area (Å²) < 4.78 is 64.2. The minimum absolute atomic E-state index is 0.0918. The second kappa shape index (κ2) is 7.46. The lowest BCUT2D eigenvalue weighted by atomic mass is 9.91. The Balaban J connectivity index is 1.83. The Morgan fingerprint density at radius 2 is 2.10 bits per heavy atom. The molecule has 2 unspecified atom stereocenters. The smallest absolute Gasteiger partial charge is 0.383 e. The van der Waals surface area contributed by atoms with Gasteiger partial charge < -0.3 is 19.3 Å². The van der Waals surface area contributed by atoms with Gasteiger partial charge in [0.05, 0.1) is 23.9 Å². The van der Waals surface area contributed by atoms with Gasteiger partial charge in [-0.15, -0.1) is 0 Å². The van der Waals surface area contributed by atoms with Gasteiger partial charge in [0.15, 0.2) is 5.60 Å². The summed E-state index contributed by atoms with van der Waals surface area (Å²) >= 11 is 6.16. The van der Waals surface area contributed by atoms with Crippen LogP contribution in [0.4, 0.5) is 17.6 Å². The number of oxime groups is 1. The number of aromatic nitrogens is 2. The van der Waals surface area contributed by atoms with Crippen molar-refractivity contribution in [2.24, 2.45) is 5.16 Å². The van der Waals surface area contributed by atoms with E-state index in [1.54, 1.807) is 0 Å². The summed E-state index contributed by atoms with van der Waals surface area (Å²) in [5, 5.41) is 3.86. The fraction of sp³-hybridized carbons (Fsp3) is 0.389. The number of ether oxygens (including phenoxy) is 2. The van der Waals surface area contributed by atoms with E-state index in [1.807, 2.05) is 0 Å². The lowest BCUT2D eigenvalue weighted by molar-refractivity contribution is -0.141. The summed E-state index contributed by atoms with van der Waals surface area (Å²) in [6, 6.07) is 2.02. The molecule has 2 aliphatic rings. The van der Waals surface area contributed by atoms with Crippen LogP contribution < -0.4 is 11.2 Å². The molecule has 4 rings (SSSR count). The lowest BCUT2D eigenvalue weighted by Gasteiger charge is -2.24. The number of nitrogens with zero attached hydrogens (tertiary/aromatic N) is 2. The number of halogens is 5. The second-order valence-electron chi connectivity index (χ2n) is 7.01. The van der Waals surface area contributed by atoms with E-state index in [-0.39, 0.29) is 33.5 Å². The number of rotatable bonds is 4. The van der Waals surface area contributed by atoms with Gasteiger partial charge in [-0.05, 0) is 12.1 Å². The van der Waals surface area contributed by atoms with E-state index in [0.29, 0.717) is 13.0 Å². The second-order valence-corrected chi connectivity index (χ2v) is 7.42. The van der Waals surface area contributed by atoms with Gasteiger partial charge in [0, 0.05) is 25.2 Å². The van der Waals surface area contributed by atoms with Crippen molar-refractivity contribution in [2.45, 2.75) is 24.3 Å². The first-order chi connectivity index (χ1) is 14.6. The van der Waals surface area contributed by atoms with Crippen molar-refractivity contribution >= 4 is 17.3 Å². The molecule has 0 amide bonds. The third-order valence-electron chi connectivity index (χ3n) is 5.04. The summed E-state index contributed by atoms with van der Waals surface area (Å²) in [5.74, 6) is -1.10. The number of aromatic amines is 1. The third-order valence-corrected chi connectivity index (χ3v) is 5.35. The molecule has 1 fully saturated rings. The summed E-state index contributed by atoms with van der Waals surface area (Å²) in [6.45, 7) is 0.477. The van der Waals surface area contributed by atoms with Crippen LogP contribution >= 0.6 is 11.6 Å². The van der Waals surface area contributed by atoms with E-state index < -0.39 is 46.3 Å². The van der Waals surface area contributed by atoms with E-state index in [0.717, 1.165) is 12.1 Å². The topological polar surface area (TPSA) is 94.9 Å². The molecular formula is C18H14ClF4N3O5. The predicted octanol–water partition coefficient (Wildman–Crippen LogP) is 2.25. The predicted molar refractivity (Wildman–Crippen MR) is 99.2 cm³/mol. The highest BCUT2D eigenvalue weighted by Crippen LogP contribution is 2.39. The van der Waals surface area contributed by atoms with Gasteiger partial charge in [-0.25, -0.2) is 13.8 Å². The molecule has 2 aromatic rings. The number of methoxy groups -OCH3 is 1. The third kappa shape index (κ3) is 3.54. The van der Waals surface area contributed by atoms with Crippen LogP contribution in [0.15, 0.2) is 32.9 Å². The van der Waals surface area contributed by atoms with Gasteiger partial charge >= 0.3 is 11.9 Å². The summed E-state index contributed by atoms with van der Waals surface area (Å²) in [4.78, 5) is 31.5.